The zero-order valence-corrected chi connectivity index (χ0v) is 18.0. The zero-order chi connectivity index (χ0) is 22.5. The van der Waals surface area contributed by atoms with Gasteiger partial charge < -0.3 is 29.0 Å². The van der Waals surface area contributed by atoms with Crippen molar-refractivity contribution < 1.29 is 33.3 Å². The van der Waals surface area contributed by atoms with Gasteiger partial charge in [0.15, 0.2) is 23.9 Å². The summed E-state index contributed by atoms with van der Waals surface area (Å²) in [5, 5.41) is 2.80. The molecule has 2 aliphatic heterocycles. The van der Waals surface area contributed by atoms with Crippen LogP contribution in [0.3, 0.4) is 0 Å². The Morgan fingerprint density at radius 1 is 1.22 bits per heavy atom. The number of benzene rings is 2. The molecule has 0 unspecified atom stereocenters. The number of para-hydroxylation sites is 1. The highest BCUT2D eigenvalue weighted by Gasteiger charge is 2.28. The number of amides is 1. The lowest BCUT2D eigenvalue weighted by Crippen LogP contribution is -2.35. The molecule has 2 aromatic carbocycles. The van der Waals surface area contributed by atoms with E-state index in [0.29, 0.717) is 40.7 Å². The van der Waals surface area contributed by atoms with Crippen molar-refractivity contribution in [2.45, 2.75) is 18.9 Å². The summed E-state index contributed by atoms with van der Waals surface area (Å²) in [6, 6.07) is 10.2. The molecule has 0 bridgehead atoms. The summed E-state index contributed by atoms with van der Waals surface area (Å²) in [6.45, 7) is 1.08. The number of ether oxygens (including phenoxy) is 5. The maximum atomic E-state index is 12.8. The van der Waals surface area contributed by atoms with Gasteiger partial charge in [-0.1, -0.05) is 12.1 Å². The second kappa shape index (κ2) is 9.74. The number of hydrogen-bond acceptors (Lipinski definition) is 7. The van der Waals surface area contributed by atoms with Crippen LogP contribution in [-0.2, 0) is 9.53 Å². The van der Waals surface area contributed by atoms with Crippen LogP contribution in [0, 0.1) is 0 Å². The predicted molar refractivity (Wildman–Crippen MR) is 116 cm³/mol. The SMILES string of the molecule is COc1cccc(/C=C2\Oc3cc(OCC(=O)NC[C@@H]4CCCO4)ccc3C2=O)c1OC. The number of hydrogen-bond donors (Lipinski definition) is 1. The van der Waals surface area contributed by atoms with Crippen molar-refractivity contribution in [1.29, 1.82) is 0 Å². The van der Waals surface area contributed by atoms with E-state index >= 15 is 0 Å². The maximum absolute atomic E-state index is 12.8. The van der Waals surface area contributed by atoms with Gasteiger partial charge in [-0.25, -0.2) is 0 Å². The second-order valence-electron chi connectivity index (χ2n) is 7.41. The van der Waals surface area contributed by atoms with Crippen LogP contribution in [0.5, 0.6) is 23.0 Å². The molecular formula is C24H25NO7. The summed E-state index contributed by atoms with van der Waals surface area (Å²) in [7, 11) is 3.08. The fourth-order valence-corrected chi connectivity index (χ4v) is 3.66. The Morgan fingerprint density at radius 3 is 2.84 bits per heavy atom. The molecule has 8 heteroatoms. The molecule has 1 N–H and O–H groups in total. The number of carbonyl (C=O) groups excluding carboxylic acids is 2. The first-order chi connectivity index (χ1) is 15.6. The Hall–Kier alpha value is -3.52. The van der Waals surface area contributed by atoms with Crippen molar-refractivity contribution in [3.8, 4) is 23.0 Å². The average molecular weight is 439 g/mol. The first-order valence-corrected chi connectivity index (χ1v) is 10.4. The van der Waals surface area contributed by atoms with E-state index in [1.165, 1.54) is 7.11 Å². The van der Waals surface area contributed by atoms with Gasteiger partial charge in [0.25, 0.3) is 5.91 Å². The minimum atomic E-state index is -0.245. The van der Waals surface area contributed by atoms with Gasteiger partial charge in [0, 0.05) is 24.8 Å². The van der Waals surface area contributed by atoms with E-state index in [4.69, 9.17) is 23.7 Å². The standard InChI is InChI=1S/C24H25NO7/c1-28-19-7-3-5-15(24(19)29-2)11-21-23(27)18-9-8-16(12-20(18)32-21)31-14-22(26)25-13-17-6-4-10-30-17/h3,5,7-9,11-12,17H,4,6,10,13-14H2,1-2H3,(H,25,26)/b21-11-/t17-/m0/s1. The van der Waals surface area contributed by atoms with Crippen LogP contribution >= 0.6 is 0 Å². The highest BCUT2D eigenvalue weighted by molar-refractivity contribution is 6.14. The molecule has 4 rings (SSSR count). The van der Waals surface area contributed by atoms with Crippen molar-refractivity contribution in [2.75, 3.05) is 34.0 Å². The van der Waals surface area contributed by atoms with E-state index in [1.807, 2.05) is 0 Å². The number of fused-ring (bicyclic) bond motifs is 1. The van der Waals surface area contributed by atoms with Gasteiger partial charge in [0.2, 0.25) is 5.78 Å². The molecule has 2 aromatic rings. The van der Waals surface area contributed by atoms with Crippen LogP contribution in [0.4, 0.5) is 0 Å². The van der Waals surface area contributed by atoms with Crippen molar-refractivity contribution in [3.63, 3.8) is 0 Å². The van der Waals surface area contributed by atoms with Crippen LogP contribution in [-0.4, -0.2) is 51.8 Å². The van der Waals surface area contributed by atoms with Gasteiger partial charge in [0.1, 0.15) is 11.5 Å². The Balaban J connectivity index is 1.41. The topological polar surface area (TPSA) is 92.3 Å². The summed E-state index contributed by atoms with van der Waals surface area (Å²) >= 11 is 0. The molecule has 32 heavy (non-hydrogen) atoms. The summed E-state index contributed by atoms with van der Waals surface area (Å²) in [4.78, 5) is 24.8. The van der Waals surface area contributed by atoms with E-state index in [1.54, 1.807) is 49.6 Å². The van der Waals surface area contributed by atoms with E-state index in [2.05, 4.69) is 5.32 Å². The van der Waals surface area contributed by atoms with E-state index < -0.39 is 0 Å². The minimum absolute atomic E-state index is 0.0757. The summed E-state index contributed by atoms with van der Waals surface area (Å²) in [6.07, 6.45) is 3.66. The summed E-state index contributed by atoms with van der Waals surface area (Å²) in [5.74, 6) is 1.56. The molecule has 2 heterocycles. The fourth-order valence-electron chi connectivity index (χ4n) is 3.66. The van der Waals surface area contributed by atoms with Crippen molar-refractivity contribution in [1.82, 2.24) is 5.32 Å². The van der Waals surface area contributed by atoms with Crippen LogP contribution in [0.15, 0.2) is 42.2 Å². The normalized spacial score (nSPS) is 18.2. The van der Waals surface area contributed by atoms with Gasteiger partial charge in [-0.05, 0) is 37.1 Å². The number of methoxy groups -OCH3 is 2. The van der Waals surface area contributed by atoms with Crippen LogP contribution in [0.2, 0.25) is 0 Å². The first kappa shape index (κ1) is 21.7. The molecule has 1 fully saturated rings. The molecule has 0 spiro atoms. The van der Waals surface area contributed by atoms with E-state index in [0.717, 1.165) is 19.4 Å². The monoisotopic (exact) mass is 439 g/mol. The van der Waals surface area contributed by atoms with Crippen LogP contribution in [0.1, 0.15) is 28.8 Å². The minimum Gasteiger partial charge on any atom is -0.493 e. The Kier molecular flexibility index (Phi) is 6.61. The third-order valence-corrected chi connectivity index (χ3v) is 5.28. The van der Waals surface area contributed by atoms with E-state index in [-0.39, 0.29) is 30.2 Å². The molecule has 2 aliphatic rings. The molecule has 0 saturated carbocycles. The Bertz CT molecular complexity index is 1040. The molecule has 0 aliphatic carbocycles. The zero-order valence-electron chi connectivity index (χ0n) is 18.0. The molecule has 168 valence electrons. The molecule has 1 amide bonds. The maximum Gasteiger partial charge on any atom is 0.258 e. The molecule has 8 nitrogen and oxygen atoms in total. The number of Topliss-reactive ketones (excluding diaryl/α,β-unsaturated/α-hetero) is 1. The third-order valence-electron chi connectivity index (χ3n) is 5.28. The first-order valence-electron chi connectivity index (χ1n) is 10.4. The molecular weight excluding hydrogens is 414 g/mol. The number of carbonyl (C=O) groups is 2. The Labute approximate surface area is 186 Å². The van der Waals surface area contributed by atoms with E-state index in [9.17, 15) is 9.59 Å². The predicted octanol–water partition coefficient (Wildman–Crippen LogP) is 2.99. The number of ketones is 1. The van der Waals surface area contributed by atoms with Gasteiger partial charge in [-0.2, -0.15) is 0 Å². The van der Waals surface area contributed by atoms with Crippen LogP contribution < -0.4 is 24.3 Å². The lowest BCUT2D eigenvalue weighted by atomic mass is 10.1. The lowest BCUT2D eigenvalue weighted by Gasteiger charge is -2.11. The number of nitrogens with one attached hydrogen (secondary N) is 1. The van der Waals surface area contributed by atoms with Gasteiger partial charge in [-0.15, -0.1) is 0 Å². The summed E-state index contributed by atoms with van der Waals surface area (Å²) in [5.41, 5.74) is 1.08. The number of rotatable bonds is 8. The number of allylic oxidation sites excluding steroid dienone is 1. The Morgan fingerprint density at radius 2 is 2.09 bits per heavy atom. The van der Waals surface area contributed by atoms with Gasteiger partial charge in [0.05, 0.1) is 25.9 Å². The quantitative estimate of drug-likeness (QED) is 0.632. The molecule has 1 saturated heterocycles. The highest BCUT2D eigenvalue weighted by Crippen LogP contribution is 2.37. The van der Waals surface area contributed by atoms with Crippen molar-refractivity contribution >= 4 is 17.8 Å². The smallest absolute Gasteiger partial charge is 0.258 e. The van der Waals surface area contributed by atoms with Gasteiger partial charge >= 0.3 is 0 Å². The average Bonchev–Trinajstić information content (AvgIpc) is 3.44. The lowest BCUT2D eigenvalue weighted by molar-refractivity contribution is -0.123. The van der Waals surface area contributed by atoms with Crippen molar-refractivity contribution in [2.24, 2.45) is 0 Å². The van der Waals surface area contributed by atoms with Crippen molar-refractivity contribution in [3.05, 3.63) is 53.3 Å². The largest absolute Gasteiger partial charge is 0.493 e. The molecule has 1 atom stereocenters. The summed E-state index contributed by atoms with van der Waals surface area (Å²) < 4.78 is 27.5. The molecule has 0 aromatic heterocycles. The van der Waals surface area contributed by atoms with Gasteiger partial charge in [-0.3, -0.25) is 9.59 Å². The highest BCUT2D eigenvalue weighted by atomic mass is 16.5. The molecule has 0 radical (unpaired) electrons. The third kappa shape index (κ3) is 4.70. The second-order valence-corrected chi connectivity index (χ2v) is 7.41. The fraction of sp³-hybridized carbons (Fsp3) is 0.333. The van der Waals surface area contributed by atoms with Crippen LogP contribution in [0.25, 0.3) is 6.08 Å².